The summed E-state index contributed by atoms with van der Waals surface area (Å²) in [4.78, 5) is 15.9. The number of carbonyl (C=O) groups excluding carboxylic acids is 1. The van der Waals surface area contributed by atoms with Gasteiger partial charge in [-0.2, -0.15) is 0 Å². The van der Waals surface area contributed by atoms with Gasteiger partial charge in [-0.15, -0.1) is 0 Å². The third kappa shape index (κ3) is 2.07. The molecule has 0 saturated carbocycles. The molecule has 0 fully saturated rings. The van der Waals surface area contributed by atoms with Crippen molar-refractivity contribution in [3.8, 4) is 0 Å². The molecule has 0 aliphatic heterocycles. The minimum atomic E-state index is -0.308. The Morgan fingerprint density at radius 1 is 1.44 bits per heavy atom. The topological polar surface area (TPSA) is 39.2 Å². The Labute approximate surface area is 102 Å². The molecule has 0 radical (unpaired) electrons. The number of benzene rings is 1. The van der Waals surface area contributed by atoms with E-state index in [9.17, 15) is 4.79 Å². The second-order valence-corrected chi connectivity index (χ2v) is 4.16. The van der Waals surface area contributed by atoms with Crippen LogP contribution in [-0.4, -0.2) is 17.6 Å². The summed E-state index contributed by atoms with van der Waals surface area (Å²) in [6.07, 6.45) is 1.61. The van der Waals surface area contributed by atoms with Crippen molar-refractivity contribution < 1.29 is 9.53 Å². The summed E-state index contributed by atoms with van der Waals surface area (Å²) in [6, 6.07) is 7.29. The van der Waals surface area contributed by atoms with Crippen LogP contribution < -0.4 is 0 Å². The number of rotatable bonds is 2. The first-order chi connectivity index (χ1) is 7.72. The molecule has 16 heavy (non-hydrogen) atoms. The van der Waals surface area contributed by atoms with Crippen LogP contribution in [0.2, 0.25) is 0 Å². The zero-order valence-electron chi connectivity index (χ0n) is 8.74. The number of carbonyl (C=O) groups is 1. The lowest BCUT2D eigenvalue weighted by Gasteiger charge is -2.05. The normalized spacial score (nSPS) is 10.4. The number of nitrogens with zero attached hydrogens (tertiary/aromatic N) is 1. The Hall–Kier alpha value is -1.42. The number of esters is 1. The molecule has 0 N–H and O–H groups in total. The summed E-state index contributed by atoms with van der Waals surface area (Å²) in [6.45, 7) is 2.16. The predicted octanol–water partition coefficient (Wildman–Crippen LogP) is 3.17. The Bertz CT molecular complexity index is 540. The quantitative estimate of drug-likeness (QED) is 0.793. The van der Waals surface area contributed by atoms with Crippen molar-refractivity contribution in [2.75, 3.05) is 6.61 Å². The van der Waals surface area contributed by atoms with Gasteiger partial charge in [-0.3, -0.25) is 4.98 Å². The van der Waals surface area contributed by atoms with Gasteiger partial charge in [0.25, 0.3) is 0 Å². The van der Waals surface area contributed by atoms with E-state index in [4.69, 9.17) is 4.74 Å². The van der Waals surface area contributed by atoms with Gasteiger partial charge in [-0.25, -0.2) is 4.79 Å². The molecule has 0 aliphatic rings. The molecule has 1 heterocycles. The van der Waals surface area contributed by atoms with Crippen molar-refractivity contribution in [1.29, 1.82) is 0 Å². The zero-order valence-corrected chi connectivity index (χ0v) is 10.3. The Morgan fingerprint density at radius 2 is 2.25 bits per heavy atom. The van der Waals surface area contributed by atoms with E-state index in [0.717, 1.165) is 15.4 Å². The van der Waals surface area contributed by atoms with E-state index in [-0.39, 0.29) is 5.97 Å². The van der Waals surface area contributed by atoms with Gasteiger partial charge in [0.05, 0.1) is 17.7 Å². The Morgan fingerprint density at radius 3 is 3.00 bits per heavy atom. The second kappa shape index (κ2) is 4.61. The van der Waals surface area contributed by atoms with Gasteiger partial charge < -0.3 is 4.74 Å². The fourth-order valence-electron chi connectivity index (χ4n) is 1.51. The van der Waals surface area contributed by atoms with Gasteiger partial charge in [0.2, 0.25) is 0 Å². The third-order valence-electron chi connectivity index (χ3n) is 2.20. The van der Waals surface area contributed by atoms with Crippen LogP contribution in [0.3, 0.4) is 0 Å². The van der Waals surface area contributed by atoms with Crippen LogP contribution >= 0.6 is 15.9 Å². The smallest absolute Gasteiger partial charge is 0.338 e. The summed E-state index contributed by atoms with van der Waals surface area (Å²) in [7, 11) is 0. The minimum absolute atomic E-state index is 0.308. The fourth-order valence-corrected chi connectivity index (χ4v) is 1.86. The summed E-state index contributed by atoms with van der Waals surface area (Å²) in [5, 5.41) is 0.809. The first kappa shape index (κ1) is 11.1. The molecular weight excluding hydrogens is 270 g/mol. The molecule has 0 amide bonds. The highest BCUT2D eigenvalue weighted by atomic mass is 79.9. The molecule has 0 unspecified atom stereocenters. The van der Waals surface area contributed by atoms with Crippen LogP contribution in [0, 0.1) is 0 Å². The lowest BCUT2D eigenvalue weighted by Crippen LogP contribution is -2.05. The van der Waals surface area contributed by atoms with E-state index in [0.29, 0.717) is 12.2 Å². The van der Waals surface area contributed by atoms with Crippen LogP contribution in [0.25, 0.3) is 10.9 Å². The molecule has 0 atom stereocenters. The SMILES string of the molecule is CCOC(=O)c1ccnc2cc(Br)ccc12. The van der Waals surface area contributed by atoms with Crippen LogP contribution in [0.15, 0.2) is 34.9 Å². The predicted molar refractivity (Wildman–Crippen MR) is 65.4 cm³/mol. The largest absolute Gasteiger partial charge is 0.462 e. The maximum absolute atomic E-state index is 11.7. The average Bonchev–Trinajstić information content (AvgIpc) is 2.28. The maximum atomic E-state index is 11.7. The number of hydrogen-bond donors (Lipinski definition) is 0. The summed E-state index contributed by atoms with van der Waals surface area (Å²) in [5.41, 5.74) is 1.33. The van der Waals surface area contributed by atoms with Gasteiger partial charge in [-0.1, -0.05) is 22.0 Å². The Kier molecular flexibility index (Phi) is 3.19. The van der Waals surface area contributed by atoms with E-state index in [1.54, 1.807) is 19.2 Å². The number of pyridine rings is 1. The molecule has 2 aromatic rings. The number of fused-ring (bicyclic) bond motifs is 1. The number of ether oxygens (including phenoxy) is 1. The van der Waals surface area contributed by atoms with Crippen LogP contribution in [0.5, 0.6) is 0 Å². The van der Waals surface area contributed by atoms with E-state index in [1.165, 1.54) is 0 Å². The number of aromatic nitrogens is 1. The highest BCUT2D eigenvalue weighted by molar-refractivity contribution is 9.10. The van der Waals surface area contributed by atoms with Gasteiger partial charge >= 0.3 is 5.97 Å². The van der Waals surface area contributed by atoms with Crippen molar-refractivity contribution in [3.05, 3.63) is 40.5 Å². The van der Waals surface area contributed by atoms with Crippen molar-refractivity contribution in [2.24, 2.45) is 0 Å². The molecule has 0 saturated heterocycles. The van der Waals surface area contributed by atoms with Crippen molar-refractivity contribution in [1.82, 2.24) is 4.98 Å². The average molecular weight is 280 g/mol. The minimum Gasteiger partial charge on any atom is -0.462 e. The van der Waals surface area contributed by atoms with Crippen molar-refractivity contribution in [3.63, 3.8) is 0 Å². The molecule has 1 aromatic heterocycles. The number of halogens is 1. The molecule has 2 rings (SSSR count). The van der Waals surface area contributed by atoms with Crippen LogP contribution in [0.1, 0.15) is 17.3 Å². The summed E-state index contributed by atoms with van der Waals surface area (Å²) >= 11 is 3.37. The van der Waals surface area contributed by atoms with Crippen LogP contribution in [-0.2, 0) is 4.74 Å². The molecule has 82 valence electrons. The first-order valence-electron chi connectivity index (χ1n) is 4.93. The molecule has 4 heteroatoms. The molecule has 3 nitrogen and oxygen atoms in total. The van der Waals surface area contributed by atoms with Gasteiger partial charge in [0.1, 0.15) is 0 Å². The van der Waals surface area contributed by atoms with Crippen LogP contribution in [0.4, 0.5) is 0 Å². The standard InChI is InChI=1S/C12H10BrNO2/c1-2-16-12(15)10-5-6-14-11-7-8(13)3-4-9(10)11/h3-7H,2H2,1H3. The highest BCUT2D eigenvalue weighted by Crippen LogP contribution is 2.21. The lowest BCUT2D eigenvalue weighted by molar-refractivity contribution is 0.0528. The molecule has 0 bridgehead atoms. The summed E-state index contributed by atoms with van der Waals surface area (Å²) < 4.78 is 5.93. The Balaban J connectivity index is 2.58. The highest BCUT2D eigenvalue weighted by Gasteiger charge is 2.11. The monoisotopic (exact) mass is 279 g/mol. The van der Waals surface area contributed by atoms with E-state index >= 15 is 0 Å². The van der Waals surface area contributed by atoms with E-state index in [2.05, 4.69) is 20.9 Å². The maximum Gasteiger partial charge on any atom is 0.338 e. The van der Waals surface area contributed by atoms with E-state index in [1.807, 2.05) is 18.2 Å². The van der Waals surface area contributed by atoms with Crippen molar-refractivity contribution in [2.45, 2.75) is 6.92 Å². The fraction of sp³-hybridized carbons (Fsp3) is 0.167. The second-order valence-electron chi connectivity index (χ2n) is 3.24. The molecular formula is C12H10BrNO2. The van der Waals surface area contributed by atoms with Gasteiger partial charge in [0, 0.05) is 16.1 Å². The summed E-state index contributed by atoms with van der Waals surface area (Å²) in [5.74, 6) is -0.308. The molecule has 0 aliphatic carbocycles. The van der Waals surface area contributed by atoms with Gasteiger partial charge in [0.15, 0.2) is 0 Å². The van der Waals surface area contributed by atoms with Gasteiger partial charge in [-0.05, 0) is 25.1 Å². The lowest BCUT2D eigenvalue weighted by atomic mass is 10.1. The van der Waals surface area contributed by atoms with E-state index < -0.39 is 0 Å². The third-order valence-corrected chi connectivity index (χ3v) is 2.69. The first-order valence-corrected chi connectivity index (χ1v) is 5.73. The molecule has 1 aromatic carbocycles. The molecule has 0 spiro atoms. The van der Waals surface area contributed by atoms with Crippen molar-refractivity contribution >= 4 is 32.8 Å². The zero-order chi connectivity index (χ0) is 11.5. The number of hydrogen-bond acceptors (Lipinski definition) is 3.